The molecule has 0 amide bonds. The lowest BCUT2D eigenvalue weighted by atomic mass is 10.9. The molecule has 0 heterocycles. The van der Waals surface area contributed by atoms with Crippen LogP contribution in [0.1, 0.15) is 0 Å². The number of aliphatic hydroxyl groups excluding tert-OH is 3. The van der Waals surface area contributed by atoms with Crippen molar-refractivity contribution in [2.75, 3.05) is 39.8 Å². The van der Waals surface area contributed by atoms with E-state index in [9.17, 15) is 13.2 Å². The highest BCUT2D eigenvalue weighted by atomic mass is 31.2. The third kappa shape index (κ3) is 265. The highest BCUT2D eigenvalue weighted by Gasteiger charge is 1.62. The average Bonchev–Trinajstić information content (AvgIpc) is 2.28. The Labute approximate surface area is 92.6 Å². The lowest BCUT2D eigenvalue weighted by molar-refractivity contribution is -0.407. The summed E-state index contributed by atoms with van der Waals surface area (Å²) >= 11 is 0. The number of hydrogen-bond donors (Lipinski definition) is 3. The summed E-state index contributed by atoms with van der Waals surface area (Å²) in [5.74, 6) is 0. The van der Waals surface area contributed by atoms with E-state index in [-0.39, 0.29) is 19.8 Å². The van der Waals surface area contributed by atoms with Gasteiger partial charge in [0, 0.05) is 0 Å². The molecule has 10 heteroatoms. The zero-order valence-corrected chi connectivity index (χ0v) is 9.28. The molecule has 0 saturated carbocycles. The highest BCUT2D eigenvalue weighted by molar-refractivity contribution is 7.33. The van der Waals surface area contributed by atoms with E-state index in [1.165, 1.54) is 0 Å². The Morgan fingerprint density at radius 2 is 0.750 bits per heavy atom. The molecule has 0 rings (SSSR count). The first-order valence-electron chi connectivity index (χ1n) is 3.80. The second kappa shape index (κ2) is 36.3. The first kappa shape index (κ1) is 25.0. The minimum Gasteiger partial charge on any atom is -0.854 e. The summed E-state index contributed by atoms with van der Waals surface area (Å²) in [7, 11) is -3.37. The van der Waals surface area contributed by atoms with Crippen molar-refractivity contribution >= 4 is 8.60 Å². The summed E-state index contributed by atoms with van der Waals surface area (Å²) in [6, 6.07) is 0. The Bertz CT molecular complexity index is 65.0. The predicted octanol–water partition coefficient (Wildman–Crippen LogP) is -2.86. The van der Waals surface area contributed by atoms with Gasteiger partial charge in [-0.3, -0.25) is 0 Å². The van der Waals surface area contributed by atoms with Crippen LogP contribution >= 0.6 is 8.60 Å². The van der Waals surface area contributed by atoms with Gasteiger partial charge in [0.05, 0.1) is 19.8 Å². The van der Waals surface area contributed by atoms with Crippen LogP contribution in [0.2, 0.25) is 0 Å². The van der Waals surface area contributed by atoms with E-state index >= 15 is 0 Å². The Balaban J connectivity index is -0.0000000600. The number of aliphatic hydroxyl groups is 3. The molecule has 3 N–H and O–H groups in total. The lowest BCUT2D eigenvalue weighted by Crippen LogP contribution is -2.18. The Morgan fingerprint density at radius 3 is 0.750 bits per heavy atom. The van der Waals surface area contributed by atoms with Crippen LogP contribution in [0.3, 0.4) is 0 Å². The summed E-state index contributed by atoms with van der Waals surface area (Å²) in [4.78, 5) is 25.4. The largest absolute Gasteiger partial charge is 0.854 e. The van der Waals surface area contributed by atoms with Gasteiger partial charge in [0.2, 0.25) is 0 Å². The van der Waals surface area contributed by atoms with Gasteiger partial charge in [-0.25, -0.2) is 13.2 Å². The van der Waals surface area contributed by atoms with E-state index in [1.807, 2.05) is 0 Å². The maximum absolute atomic E-state index is 10.5. The highest BCUT2D eigenvalue weighted by Crippen LogP contribution is 1.85. The van der Waals surface area contributed by atoms with Crippen molar-refractivity contribution in [2.24, 2.45) is 0 Å². The topological polar surface area (TPSA) is 130 Å². The van der Waals surface area contributed by atoms with Gasteiger partial charge in [-0.05, 0) is 0 Å². The molecule has 0 unspecified atom stereocenters. The zero-order chi connectivity index (χ0) is 13.8. The Morgan fingerprint density at radius 1 is 0.688 bits per heavy atom. The van der Waals surface area contributed by atoms with E-state index in [2.05, 4.69) is 0 Å². The van der Waals surface area contributed by atoms with E-state index in [0.717, 1.165) is 0 Å². The summed E-state index contributed by atoms with van der Waals surface area (Å²) in [6.45, 7) is -2.92. The van der Waals surface area contributed by atoms with Crippen molar-refractivity contribution in [1.82, 2.24) is 0 Å². The van der Waals surface area contributed by atoms with Crippen LogP contribution in [0.4, 0.5) is 13.2 Å². The molecule has 0 bridgehead atoms. The van der Waals surface area contributed by atoms with Crippen LogP contribution in [0, 0.1) is 0 Å². The monoisotopic (exact) mass is 271 g/mol. The van der Waals surface area contributed by atoms with Crippen molar-refractivity contribution in [2.45, 2.75) is 0 Å². The van der Waals surface area contributed by atoms with Crippen molar-refractivity contribution in [3.05, 3.63) is 0 Å². The summed E-state index contributed by atoms with van der Waals surface area (Å²) < 4.78 is 31.4. The molecule has 6 nitrogen and oxygen atoms in total. The van der Waals surface area contributed by atoms with Crippen LogP contribution in [0.15, 0.2) is 0 Å². The zero-order valence-electron chi connectivity index (χ0n) is 8.39. The number of halogens is 3. The summed E-state index contributed by atoms with van der Waals surface area (Å²) in [6.07, 6.45) is 0. The van der Waals surface area contributed by atoms with Crippen molar-refractivity contribution in [3.8, 4) is 0 Å². The summed E-state index contributed by atoms with van der Waals surface area (Å²) in [5.41, 5.74) is 0. The maximum Gasteiger partial charge on any atom is 0.112 e. The van der Waals surface area contributed by atoms with E-state index in [1.54, 1.807) is 0 Å². The second-order valence-electron chi connectivity index (χ2n) is 1.46. The van der Waals surface area contributed by atoms with Crippen molar-refractivity contribution in [3.63, 3.8) is 0 Å². The second-order valence-corrected chi connectivity index (χ2v) is 1.91. The molecule has 0 aliphatic carbocycles. The maximum atomic E-state index is 10.5. The fourth-order valence-electron chi connectivity index (χ4n) is 0. The number of alkyl halides is 3. The molecule has 0 atom stereocenters. The molecular weight excluding hydrogens is 256 g/mol. The van der Waals surface area contributed by atoms with Crippen LogP contribution < -0.4 is 14.7 Å². The smallest absolute Gasteiger partial charge is 0.112 e. The molecule has 0 aliphatic heterocycles. The quantitative estimate of drug-likeness (QED) is 0.473. The predicted molar refractivity (Wildman–Crippen MR) is 46.1 cm³/mol. The van der Waals surface area contributed by atoms with Gasteiger partial charge in [0.1, 0.15) is 20.0 Å². The molecular formula is C6H15F3O6P-3. The SMILES string of the molecule is OCCF.OCCF.OCCF.[O-]P([O-])[O-]. The molecule has 16 heavy (non-hydrogen) atoms. The van der Waals surface area contributed by atoms with E-state index in [0.29, 0.717) is 0 Å². The molecule has 0 aromatic heterocycles. The molecule has 0 fully saturated rings. The molecule has 0 aromatic carbocycles. The van der Waals surface area contributed by atoms with Gasteiger partial charge in [-0.1, -0.05) is 0 Å². The van der Waals surface area contributed by atoms with Crippen molar-refractivity contribution in [1.29, 1.82) is 0 Å². The van der Waals surface area contributed by atoms with Crippen molar-refractivity contribution < 1.29 is 43.2 Å². The molecule has 104 valence electrons. The molecule has 0 aromatic rings. The van der Waals surface area contributed by atoms with Crippen LogP contribution in [0.25, 0.3) is 0 Å². The molecule has 0 radical (unpaired) electrons. The third-order valence-electron chi connectivity index (χ3n) is 0.254. The van der Waals surface area contributed by atoms with Gasteiger partial charge in [0.15, 0.2) is 0 Å². The fourth-order valence-corrected chi connectivity index (χ4v) is 0. The fraction of sp³-hybridized carbons (Fsp3) is 1.00. The number of hydrogen-bond acceptors (Lipinski definition) is 6. The molecule has 0 spiro atoms. The Kier molecular flexibility index (Phi) is 56.7. The van der Waals surface area contributed by atoms with Gasteiger partial charge in [-0.15, -0.1) is 0 Å². The normalized spacial score (nSPS) is 7.88. The molecule has 0 saturated heterocycles. The Hall–Kier alpha value is -0.0200. The third-order valence-corrected chi connectivity index (χ3v) is 0.254. The standard InChI is InChI=1S/3C2H5FO.O3P/c3*3-1-2-4;1-4(2)3/h3*4H,1-2H2;/q;;;-3. The number of rotatable bonds is 3. The molecule has 0 aliphatic rings. The lowest BCUT2D eigenvalue weighted by Gasteiger charge is -2.39. The van der Waals surface area contributed by atoms with Gasteiger partial charge in [0.25, 0.3) is 0 Å². The first-order valence-corrected chi connectivity index (χ1v) is 4.89. The van der Waals surface area contributed by atoms with Gasteiger partial charge >= 0.3 is 0 Å². The summed E-state index contributed by atoms with van der Waals surface area (Å²) in [5, 5.41) is 22.5. The van der Waals surface area contributed by atoms with Crippen LogP contribution in [-0.2, 0) is 0 Å². The van der Waals surface area contributed by atoms with Crippen LogP contribution in [0.5, 0.6) is 0 Å². The van der Waals surface area contributed by atoms with Crippen LogP contribution in [-0.4, -0.2) is 55.2 Å². The van der Waals surface area contributed by atoms with Gasteiger partial charge < -0.3 is 38.6 Å². The van der Waals surface area contributed by atoms with Gasteiger partial charge in [-0.2, -0.15) is 0 Å². The van der Waals surface area contributed by atoms with E-state index < -0.39 is 28.6 Å². The minimum absolute atomic E-state index is 0.347. The first-order chi connectivity index (χ1) is 7.47. The minimum atomic E-state index is -3.37. The average molecular weight is 271 g/mol. The van der Waals surface area contributed by atoms with E-state index in [4.69, 9.17) is 30.0 Å².